The predicted octanol–water partition coefficient (Wildman–Crippen LogP) is 2.59. The van der Waals surface area contributed by atoms with Crippen molar-refractivity contribution in [3.8, 4) is 0 Å². The fourth-order valence-electron chi connectivity index (χ4n) is 8.98. The molecule has 11 atom stereocenters. The molecule has 4 aliphatic carbocycles. The summed E-state index contributed by atoms with van der Waals surface area (Å²) in [6.07, 6.45) is 7.83. The fourth-order valence-corrected chi connectivity index (χ4v) is 8.98. The summed E-state index contributed by atoms with van der Waals surface area (Å²) in [7, 11) is 0. The van der Waals surface area contributed by atoms with Crippen molar-refractivity contribution in [2.45, 2.75) is 107 Å². The van der Waals surface area contributed by atoms with E-state index in [4.69, 9.17) is 19.6 Å². The molecule has 8 nitrogen and oxygen atoms in total. The summed E-state index contributed by atoms with van der Waals surface area (Å²) in [5, 5.41) is 32.9. The third-order valence-electron chi connectivity index (χ3n) is 11.2. The first kappa shape index (κ1) is 25.7. The SMILES string of the molecule is C[C@]12CCC(OC3OC[C@H](N)[C@@H](O)C3O)C=C1CCC1C2CC[C@]2(C)C(c3ccc(=O)oc3)CC[C@]12O. The molecule has 0 spiro atoms. The maximum Gasteiger partial charge on any atom is 0.335 e. The highest BCUT2D eigenvalue weighted by atomic mass is 16.7. The minimum Gasteiger partial charge on any atom is -0.431 e. The zero-order chi connectivity index (χ0) is 26.2. The number of hydrogen-bond acceptors (Lipinski definition) is 8. The van der Waals surface area contributed by atoms with Crippen molar-refractivity contribution in [1.29, 1.82) is 0 Å². The van der Waals surface area contributed by atoms with Crippen LogP contribution in [0.15, 0.2) is 39.3 Å². The highest BCUT2D eigenvalue weighted by Gasteiger charge is 2.66. The summed E-state index contributed by atoms with van der Waals surface area (Å²) >= 11 is 0. The molecule has 2 heterocycles. The molecule has 37 heavy (non-hydrogen) atoms. The molecular weight excluding hydrogens is 474 g/mol. The van der Waals surface area contributed by atoms with Gasteiger partial charge in [0.05, 0.1) is 30.6 Å². The van der Waals surface area contributed by atoms with E-state index in [1.165, 1.54) is 11.6 Å². The number of aliphatic hydroxyl groups excluding tert-OH is 2. The second kappa shape index (κ2) is 9.00. The quantitative estimate of drug-likeness (QED) is 0.451. The van der Waals surface area contributed by atoms with Crippen molar-refractivity contribution in [2.75, 3.05) is 6.61 Å². The molecule has 0 bridgehead atoms. The zero-order valence-corrected chi connectivity index (χ0v) is 21.8. The fraction of sp³-hybridized carbons (Fsp3) is 0.759. The Kier molecular flexibility index (Phi) is 6.25. The molecule has 0 aromatic carbocycles. The van der Waals surface area contributed by atoms with E-state index >= 15 is 0 Å². The van der Waals surface area contributed by atoms with E-state index in [-0.39, 0.29) is 41.0 Å². The largest absolute Gasteiger partial charge is 0.431 e. The molecule has 1 saturated heterocycles. The van der Waals surface area contributed by atoms with Gasteiger partial charge in [-0.25, -0.2) is 4.79 Å². The third kappa shape index (κ3) is 3.82. The van der Waals surface area contributed by atoms with Crippen LogP contribution in [0.25, 0.3) is 0 Å². The van der Waals surface area contributed by atoms with Crippen LogP contribution in [-0.4, -0.2) is 58.2 Å². The van der Waals surface area contributed by atoms with Gasteiger partial charge in [-0.1, -0.05) is 25.5 Å². The van der Waals surface area contributed by atoms with Gasteiger partial charge in [-0.05, 0) is 86.2 Å². The monoisotopic (exact) mass is 515 g/mol. The molecule has 1 aromatic rings. The van der Waals surface area contributed by atoms with Crippen LogP contribution in [0.1, 0.15) is 76.7 Å². The lowest BCUT2D eigenvalue weighted by atomic mass is 9.45. The highest BCUT2D eigenvalue weighted by Crippen LogP contribution is 2.70. The van der Waals surface area contributed by atoms with Gasteiger partial charge in [0, 0.05) is 11.5 Å². The number of nitrogens with two attached hydrogens (primary N) is 1. The van der Waals surface area contributed by atoms with Crippen molar-refractivity contribution in [3.05, 3.63) is 46.0 Å². The normalized spacial score (nSPS) is 49.5. The molecule has 8 heteroatoms. The Morgan fingerprint density at radius 2 is 1.84 bits per heavy atom. The number of aliphatic hydroxyl groups is 3. The highest BCUT2D eigenvalue weighted by molar-refractivity contribution is 5.31. The van der Waals surface area contributed by atoms with Gasteiger partial charge in [-0.15, -0.1) is 0 Å². The maximum absolute atomic E-state index is 12.4. The minimum atomic E-state index is -1.16. The molecule has 0 amide bonds. The van der Waals surface area contributed by atoms with Gasteiger partial charge in [0.2, 0.25) is 0 Å². The van der Waals surface area contributed by atoms with Crippen molar-refractivity contribution >= 4 is 0 Å². The van der Waals surface area contributed by atoms with Crippen LogP contribution in [0.4, 0.5) is 0 Å². The van der Waals surface area contributed by atoms with Crippen molar-refractivity contribution in [1.82, 2.24) is 0 Å². The lowest BCUT2D eigenvalue weighted by Gasteiger charge is -2.62. The number of ether oxygens (including phenoxy) is 2. The van der Waals surface area contributed by atoms with Crippen LogP contribution in [0.2, 0.25) is 0 Å². The number of hydrogen-bond donors (Lipinski definition) is 4. The summed E-state index contributed by atoms with van der Waals surface area (Å²) in [5.41, 5.74) is 6.88. The molecule has 3 saturated carbocycles. The molecule has 6 unspecified atom stereocenters. The molecule has 1 aromatic heterocycles. The van der Waals surface area contributed by atoms with Gasteiger partial charge in [0.15, 0.2) is 6.29 Å². The van der Waals surface area contributed by atoms with E-state index in [1.807, 2.05) is 6.07 Å². The van der Waals surface area contributed by atoms with E-state index in [9.17, 15) is 20.1 Å². The Bertz CT molecular complexity index is 1100. The Labute approximate surface area is 217 Å². The zero-order valence-electron chi connectivity index (χ0n) is 21.8. The maximum atomic E-state index is 12.4. The van der Waals surface area contributed by atoms with E-state index in [1.54, 1.807) is 6.26 Å². The topological polar surface area (TPSA) is 135 Å². The molecule has 5 N–H and O–H groups in total. The number of fused-ring (bicyclic) bond motifs is 5. The summed E-state index contributed by atoms with van der Waals surface area (Å²) < 4.78 is 16.9. The Hall–Kier alpha value is -1.55. The van der Waals surface area contributed by atoms with Crippen LogP contribution in [-0.2, 0) is 9.47 Å². The van der Waals surface area contributed by atoms with E-state index in [2.05, 4.69) is 19.9 Å². The van der Waals surface area contributed by atoms with Crippen molar-refractivity contribution < 1.29 is 29.2 Å². The summed E-state index contributed by atoms with van der Waals surface area (Å²) in [5.74, 6) is 0.809. The molecular formula is C29H41NO7. The van der Waals surface area contributed by atoms with Crippen LogP contribution >= 0.6 is 0 Å². The van der Waals surface area contributed by atoms with Crippen LogP contribution in [0.5, 0.6) is 0 Å². The lowest BCUT2D eigenvalue weighted by molar-refractivity contribution is -0.259. The van der Waals surface area contributed by atoms with Gasteiger partial charge < -0.3 is 34.9 Å². The van der Waals surface area contributed by atoms with Gasteiger partial charge >= 0.3 is 5.63 Å². The standard InChI is InChI=1S/C29H41NO7/c1-27-10-7-18(37-26-25(33)24(32)22(30)15-36-26)13-17(27)4-5-21-20(27)8-11-28(2)19(9-12-29(21,28)34)16-3-6-23(31)35-14-16/h3,6,13-14,18-22,24-26,32-34H,4-5,7-12,15,30H2,1-2H3/t18?,19?,20?,21?,22-,24+,25?,26?,27-,28+,29-/m0/s1. The Morgan fingerprint density at radius 1 is 1.03 bits per heavy atom. The van der Waals surface area contributed by atoms with Crippen LogP contribution in [0, 0.1) is 22.7 Å². The number of allylic oxidation sites excluding steroid dienone is 1. The van der Waals surface area contributed by atoms with Gasteiger partial charge in [-0.2, -0.15) is 0 Å². The molecule has 204 valence electrons. The van der Waals surface area contributed by atoms with E-state index in [0.717, 1.165) is 56.9 Å². The second-order valence-electron chi connectivity index (χ2n) is 12.8. The second-order valence-corrected chi connectivity index (χ2v) is 12.8. The molecule has 0 radical (unpaired) electrons. The lowest BCUT2D eigenvalue weighted by Crippen LogP contribution is -2.60. The van der Waals surface area contributed by atoms with Crippen LogP contribution in [0.3, 0.4) is 0 Å². The Balaban J connectivity index is 1.21. The minimum absolute atomic E-state index is 0.00533. The number of rotatable bonds is 3. The van der Waals surface area contributed by atoms with Gasteiger partial charge in [0.1, 0.15) is 12.2 Å². The van der Waals surface area contributed by atoms with E-state index < -0.39 is 30.1 Å². The average molecular weight is 516 g/mol. The molecule has 4 fully saturated rings. The Morgan fingerprint density at radius 3 is 2.59 bits per heavy atom. The molecule has 6 rings (SSSR count). The third-order valence-corrected chi connectivity index (χ3v) is 11.2. The first-order valence-corrected chi connectivity index (χ1v) is 14.0. The summed E-state index contributed by atoms with van der Waals surface area (Å²) in [6, 6.07) is 2.76. The van der Waals surface area contributed by atoms with Crippen molar-refractivity contribution in [2.24, 2.45) is 28.4 Å². The smallest absolute Gasteiger partial charge is 0.335 e. The average Bonchev–Trinajstić information content (AvgIpc) is 3.16. The molecule has 5 aliphatic rings. The molecule has 1 aliphatic heterocycles. The first-order chi connectivity index (χ1) is 17.6. The summed E-state index contributed by atoms with van der Waals surface area (Å²) in [4.78, 5) is 11.5. The predicted molar refractivity (Wildman–Crippen MR) is 135 cm³/mol. The van der Waals surface area contributed by atoms with Crippen LogP contribution < -0.4 is 11.4 Å². The van der Waals surface area contributed by atoms with Gasteiger partial charge in [0.25, 0.3) is 0 Å². The van der Waals surface area contributed by atoms with Crippen molar-refractivity contribution in [3.63, 3.8) is 0 Å². The van der Waals surface area contributed by atoms with E-state index in [0.29, 0.717) is 5.92 Å². The summed E-state index contributed by atoms with van der Waals surface area (Å²) in [6.45, 7) is 4.77. The first-order valence-electron chi connectivity index (χ1n) is 14.0. The van der Waals surface area contributed by atoms with Gasteiger partial charge in [-0.3, -0.25) is 0 Å².